The minimum Gasteiger partial charge on any atom is -0.370 e. The van der Waals surface area contributed by atoms with Crippen LogP contribution < -0.4 is 10.2 Å². The Bertz CT molecular complexity index is 760. The Labute approximate surface area is 138 Å². The number of aromatic nitrogens is 1. The minimum atomic E-state index is -3.29. The summed E-state index contributed by atoms with van der Waals surface area (Å²) in [5.74, 6) is 0.413. The Hall–Kier alpha value is -2.08. The predicted octanol–water partition coefficient (Wildman–Crippen LogP) is 2.73. The maximum atomic E-state index is 11.8. The van der Waals surface area contributed by atoms with Gasteiger partial charge in [0.1, 0.15) is 10.7 Å². The molecule has 0 fully saturated rings. The van der Waals surface area contributed by atoms with Crippen LogP contribution in [0.4, 0.5) is 11.5 Å². The molecule has 2 rings (SSSR count). The first-order chi connectivity index (χ1) is 10.9. The summed E-state index contributed by atoms with van der Waals surface area (Å²) in [6.45, 7) is 6.46. The summed E-state index contributed by atoms with van der Waals surface area (Å²) in [5.41, 5.74) is 2.42. The summed E-state index contributed by atoms with van der Waals surface area (Å²) < 4.78 is 23.6. The first kappa shape index (κ1) is 17.3. The van der Waals surface area contributed by atoms with Gasteiger partial charge in [-0.3, -0.25) is 0 Å². The molecule has 2 aromatic rings. The molecule has 6 heteroatoms. The number of hydrogen-bond donors (Lipinski definition) is 1. The van der Waals surface area contributed by atoms with E-state index in [-0.39, 0.29) is 4.90 Å². The van der Waals surface area contributed by atoms with E-state index in [0.29, 0.717) is 12.4 Å². The van der Waals surface area contributed by atoms with Gasteiger partial charge in [-0.25, -0.2) is 13.4 Å². The predicted molar refractivity (Wildman–Crippen MR) is 94.9 cm³/mol. The Kier molecular flexibility index (Phi) is 5.60. The van der Waals surface area contributed by atoms with E-state index in [4.69, 9.17) is 0 Å². The van der Waals surface area contributed by atoms with Gasteiger partial charge in [0.15, 0.2) is 9.84 Å². The number of pyridine rings is 1. The Balaban J connectivity index is 2.06. The molecule has 0 aliphatic carbocycles. The first-order valence-corrected chi connectivity index (χ1v) is 9.52. The Morgan fingerprint density at radius 1 is 1.17 bits per heavy atom. The number of aryl methyl sites for hydroxylation is 1. The van der Waals surface area contributed by atoms with Crippen molar-refractivity contribution in [2.75, 3.05) is 36.1 Å². The lowest BCUT2D eigenvalue weighted by molar-refractivity contribution is 0.601. The van der Waals surface area contributed by atoms with Crippen molar-refractivity contribution < 1.29 is 8.42 Å². The number of sulfone groups is 1. The molecule has 1 N–H and O–H groups in total. The molecule has 0 bridgehead atoms. The van der Waals surface area contributed by atoms with E-state index in [1.165, 1.54) is 17.5 Å². The third-order valence-corrected chi connectivity index (χ3v) is 4.81. The fraction of sp³-hybridized carbons (Fsp3) is 0.353. The van der Waals surface area contributed by atoms with Crippen LogP contribution in [0, 0.1) is 6.92 Å². The monoisotopic (exact) mass is 333 g/mol. The molecular formula is C17H23N3O2S. The molecule has 124 valence electrons. The van der Waals surface area contributed by atoms with Gasteiger partial charge in [0.05, 0.1) is 0 Å². The summed E-state index contributed by atoms with van der Waals surface area (Å²) >= 11 is 0. The van der Waals surface area contributed by atoms with Crippen molar-refractivity contribution in [3.8, 4) is 0 Å². The third kappa shape index (κ3) is 4.45. The third-order valence-electron chi connectivity index (χ3n) is 3.68. The lowest BCUT2D eigenvalue weighted by Gasteiger charge is -2.25. The van der Waals surface area contributed by atoms with Crippen LogP contribution in [-0.4, -0.2) is 39.3 Å². The Morgan fingerprint density at radius 2 is 1.91 bits per heavy atom. The zero-order chi connectivity index (χ0) is 16.9. The first-order valence-electron chi connectivity index (χ1n) is 7.63. The highest BCUT2D eigenvalue weighted by Crippen LogP contribution is 2.20. The maximum Gasteiger partial charge on any atom is 0.179 e. The second-order valence-corrected chi connectivity index (χ2v) is 7.40. The van der Waals surface area contributed by atoms with Gasteiger partial charge < -0.3 is 10.2 Å². The van der Waals surface area contributed by atoms with Gasteiger partial charge in [-0.15, -0.1) is 0 Å². The summed E-state index contributed by atoms with van der Waals surface area (Å²) in [7, 11) is -3.29. The van der Waals surface area contributed by atoms with Gasteiger partial charge in [0.2, 0.25) is 0 Å². The molecule has 0 spiro atoms. The molecule has 0 radical (unpaired) electrons. The largest absolute Gasteiger partial charge is 0.370 e. The zero-order valence-electron chi connectivity index (χ0n) is 13.8. The van der Waals surface area contributed by atoms with Crippen molar-refractivity contribution in [3.63, 3.8) is 0 Å². The van der Waals surface area contributed by atoms with E-state index in [2.05, 4.69) is 41.2 Å². The number of likely N-dealkylation sites (N-methyl/N-ethyl adjacent to an activating group) is 1. The minimum absolute atomic E-state index is 0.235. The molecule has 0 saturated carbocycles. The molecule has 23 heavy (non-hydrogen) atoms. The van der Waals surface area contributed by atoms with E-state index in [1.807, 2.05) is 12.1 Å². The van der Waals surface area contributed by atoms with Gasteiger partial charge in [-0.1, -0.05) is 18.2 Å². The quantitative estimate of drug-likeness (QED) is 0.844. The summed E-state index contributed by atoms with van der Waals surface area (Å²) in [6.07, 6.45) is 2.79. The molecule has 0 unspecified atom stereocenters. The SMILES string of the molecule is CCN(CCNc1ncccc1S(C)(=O)=O)c1ccccc1C. The second-order valence-electron chi connectivity index (χ2n) is 5.42. The zero-order valence-corrected chi connectivity index (χ0v) is 14.6. The molecule has 0 aliphatic heterocycles. The van der Waals surface area contributed by atoms with Crippen molar-refractivity contribution >= 4 is 21.3 Å². The Morgan fingerprint density at radius 3 is 2.57 bits per heavy atom. The van der Waals surface area contributed by atoms with Crippen LogP contribution in [0.1, 0.15) is 12.5 Å². The van der Waals surface area contributed by atoms with Crippen LogP contribution in [-0.2, 0) is 9.84 Å². The molecule has 0 saturated heterocycles. The van der Waals surface area contributed by atoms with Crippen LogP contribution in [0.5, 0.6) is 0 Å². The summed E-state index contributed by atoms with van der Waals surface area (Å²) in [4.78, 5) is 6.64. The molecule has 0 aliphatic rings. The lowest BCUT2D eigenvalue weighted by atomic mass is 10.2. The van der Waals surface area contributed by atoms with Crippen LogP contribution >= 0.6 is 0 Å². The van der Waals surface area contributed by atoms with E-state index >= 15 is 0 Å². The van der Waals surface area contributed by atoms with Crippen molar-refractivity contribution in [2.45, 2.75) is 18.7 Å². The topological polar surface area (TPSA) is 62.3 Å². The molecule has 1 heterocycles. The molecular weight excluding hydrogens is 310 g/mol. The fourth-order valence-electron chi connectivity index (χ4n) is 2.50. The fourth-order valence-corrected chi connectivity index (χ4v) is 3.30. The van der Waals surface area contributed by atoms with Crippen molar-refractivity contribution in [1.29, 1.82) is 0 Å². The number of rotatable bonds is 7. The highest BCUT2D eigenvalue weighted by atomic mass is 32.2. The summed E-state index contributed by atoms with van der Waals surface area (Å²) in [6, 6.07) is 11.4. The van der Waals surface area contributed by atoms with Gasteiger partial charge in [-0.2, -0.15) is 0 Å². The van der Waals surface area contributed by atoms with Gasteiger partial charge in [0, 0.05) is 37.8 Å². The number of anilines is 2. The van der Waals surface area contributed by atoms with Crippen LogP contribution in [0.2, 0.25) is 0 Å². The van der Waals surface area contributed by atoms with E-state index in [9.17, 15) is 8.42 Å². The number of para-hydroxylation sites is 1. The highest BCUT2D eigenvalue weighted by Gasteiger charge is 2.14. The smallest absolute Gasteiger partial charge is 0.179 e. The summed E-state index contributed by atoms with van der Waals surface area (Å²) in [5, 5.41) is 3.14. The van der Waals surface area contributed by atoms with Crippen LogP contribution in [0.15, 0.2) is 47.5 Å². The average molecular weight is 333 g/mol. The number of nitrogens with one attached hydrogen (secondary N) is 1. The van der Waals surface area contributed by atoms with Gasteiger partial charge in [-0.05, 0) is 37.6 Å². The van der Waals surface area contributed by atoms with Gasteiger partial charge in [0.25, 0.3) is 0 Å². The number of nitrogens with zero attached hydrogens (tertiary/aromatic N) is 2. The molecule has 0 amide bonds. The molecule has 1 aromatic heterocycles. The van der Waals surface area contributed by atoms with E-state index in [1.54, 1.807) is 18.3 Å². The second kappa shape index (κ2) is 7.46. The van der Waals surface area contributed by atoms with Crippen molar-refractivity contribution in [2.24, 2.45) is 0 Å². The number of hydrogen-bond acceptors (Lipinski definition) is 5. The molecule has 5 nitrogen and oxygen atoms in total. The van der Waals surface area contributed by atoms with E-state index in [0.717, 1.165) is 13.1 Å². The van der Waals surface area contributed by atoms with E-state index < -0.39 is 9.84 Å². The van der Waals surface area contributed by atoms with Crippen molar-refractivity contribution in [3.05, 3.63) is 48.2 Å². The molecule has 1 aromatic carbocycles. The van der Waals surface area contributed by atoms with Crippen molar-refractivity contribution in [1.82, 2.24) is 4.98 Å². The lowest BCUT2D eigenvalue weighted by Crippen LogP contribution is -2.29. The number of benzene rings is 1. The maximum absolute atomic E-state index is 11.8. The van der Waals surface area contributed by atoms with Crippen LogP contribution in [0.3, 0.4) is 0 Å². The normalized spacial score (nSPS) is 11.3. The average Bonchev–Trinajstić information content (AvgIpc) is 2.52. The highest BCUT2D eigenvalue weighted by molar-refractivity contribution is 7.90. The van der Waals surface area contributed by atoms with Crippen LogP contribution in [0.25, 0.3) is 0 Å². The molecule has 0 atom stereocenters. The standard InChI is InChI=1S/C17H23N3O2S/c1-4-20(15-9-6-5-8-14(15)2)13-12-19-17-16(23(3,21)22)10-7-11-18-17/h5-11H,4,12-13H2,1-3H3,(H,18,19). The van der Waals surface area contributed by atoms with Gasteiger partial charge >= 0.3 is 0 Å².